The monoisotopic (exact) mass is 280 g/mol. The van der Waals surface area contributed by atoms with Crippen molar-refractivity contribution in [3.05, 3.63) is 28.2 Å². The lowest BCUT2D eigenvalue weighted by Crippen LogP contribution is -2.31. The van der Waals surface area contributed by atoms with Gasteiger partial charge >= 0.3 is 0 Å². The van der Waals surface area contributed by atoms with Gasteiger partial charge in [0.2, 0.25) is 0 Å². The van der Waals surface area contributed by atoms with Gasteiger partial charge in [0.1, 0.15) is 6.07 Å². The Morgan fingerprint density at radius 3 is 2.94 bits per heavy atom. The summed E-state index contributed by atoms with van der Waals surface area (Å²) in [6.45, 7) is 1.63. The van der Waals surface area contributed by atoms with E-state index in [1.54, 1.807) is 0 Å². The molecule has 1 aromatic rings. The van der Waals surface area contributed by atoms with Crippen molar-refractivity contribution in [1.29, 1.82) is 5.26 Å². The van der Waals surface area contributed by atoms with E-state index in [0.29, 0.717) is 11.6 Å². The number of nitriles is 1. The molecule has 3 nitrogen and oxygen atoms in total. The Labute approximate surface area is 104 Å². The molecule has 1 heterocycles. The van der Waals surface area contributed by atoms with Crippen LogP contribution in [0, 0.1) is 11.3 Å². The van der Waals surface area contributed by atoms with Crippen molar-refractivity contribution in [3.8, 4) is 6.07 Å². The number of rotatable bonds is 2. The largest absolute Gasteiger partial charge is 0.379 e. The Morgan fingerprint density at radius 1 is 1.56 bits per heavy atom. The summed E-state index contributed by atoms with van der Waals surface area (Å²) in [5.41, 5.74) is 1.78. The van der Waals surface area contributed by atoms with Gasteiger partial charge in [0, 0.05) is 23.8 Å². The summed E-state index contributed by atoms with van der Waals surface area (Å²) in [7, 11) is 2.06. The Morgan fingerprint density at radius 2 is 2.38 bits per heavy atom. The Kier molecular flexibility index (Phi) is 3.47. The highest BCUT2D eigenvalue weighted by Gasteiger charge is 2.20. The maximum atomic E-state index is 8.85. The zero-order chi connectivity index (χ0) is 11.5. The summed E-state index contributed by atoms with van der Waals surface area (Å²) < 4.78 is 6.21. The quantitative estimate of drug-likeness (QED) is 0.835. The smallest absolute Gasteiger partial charge is 0.100 e. The van der Waals surface area contributed by atoms with Crippen LogP contribution >= 0.6 is 15.9 Å². The number of hydrogen-bond acceptors (Lipinski definition) is 3. The maximum Gasteiger partial charge on any atom is 0.100 e. The van der Waals surface area contributed by atoms with Gasteiger partial charge in [0.25, 0.3) is 0 Å². The molecule has 0 bridgehead atoms. The molecule has 84 valence electrons. The maximum absolute atomic E-state index is 8.85. The number of hydrogen-bond donors (Lipinski definition) is 0. The first kappa shape index (κ1) is 11.4. The highest BCUT2D eigenvalue weighted by atomic mass is 79.9. The minimum atomic E-state index is 0.444. The standard InChI is InChI=1S/C12H13BrN2O/c1-15(11-4-5-16-8-11)10-3-2-9(7-14)12(13)6-10/h2-3,6,11H,4-5,8H2,1H3. The zero-order valence-corrected chi connectivity index (χ0v) is 10.7. The lowest BCUT2D eigenvalue weighted by molar-refractivity contribution is 0.193. The van der Waals surface area contributed by atoms with Crippen molar-refractivity contribution < 1.29 is 4.74 Å². The van der Waals surface area contributed by atoms with Gasteiger partial charge in [-0.15, -0.1) is 0 Å². The lowest BCUT2D eigenvalue weighted by Gasteiger charge is -2.25. The first-order valence-corrected chi connectivity index (χ1v) is 6.02. The molecule has 1 fully saturated rings. The number of ether oxygens (including phenoxy) is 1. The lowest BCUT2D eigenvalue weighted by atomic mass is 10.1. The molecule has 0 spiro atoms. The molecule has 2 rings (SSSR count). The van der Waals surface area contributed by atoms with Gasteiger partial charge in [0.05, 0.1) is 18.2 Å². The topological polar surface area (TPSA) is 36.3 Å². The second-order valence-corrected chi connectivity index (χ2v) is 4.76. The van der Waals surface area contributed by atoms with Crippen molar-refractivity contribution in [2.75, 3.05) is 25.2 Å². The third kappa shape index (κ3) is 2.21. The molecule has 0 amide bonds. The molecule has 0 saturated carbocycles. The first-order valence-electron chi connectivity index (χ1n) is 5.22. The normalized spacial score (nSPS) is 19.4. The molecule has 1 atom stereocenters. The average molecular weight is 281 g/mol. The van der Waals surface area contributed by atoms with E-state index in [1.165, 1.54) is 0 Å². The van der Waals surface area contributed by atoms with Crippen LogP contribution in [0.2, 0.25) is 0 Å². The van der Waals surface area contributed by atoms with Gasteiger partial charge in [-0.05, 0) is 40.5 Å². The molecule has 0 aromatic heterocycles. The third-order valence-corrected chi connectivity index (χ3v) is 3.59. The molecule has 0 N–H and O–H groups in total. The molecule has 0 radical (unpaired) electrons. The summed E-state index contributed by atoms with van der Waals surface area (Å²) in [4.78, 5) is 2.21. The van der Waals surface area contributed by atoms with Crippen molar-refractivity contribution >= 4 is 21.6 Å². The van der Waals surface area contributed by atoms with Gasteiger partial charge in [0.15, 0.2) is 0 Å². The van der Waals surface area contributed by atoms with Gasteiger partial charge in [-0.2, -0.15) is 5.26 Å². The molecule has 16 heavy (non-hydrogen) atoms. The van der Waals surface area contributed by atoms with Crippen LogP contribution in [-0.4, -0.2) is 26.3 Å². The molecule has 1 unspecified atom stereocenters. The molecule has 1 saturated heterocycles. The van der Waals surface area contributed by atoms with Crippen LogP contribution in [-0.2, 0) is 4.74 Å². The second kappa shape index (κ2) is 4.86. The molecular formula is C12H13BrN2O. The average Bonchev–Trinajstić information content (AvgIpc) is 2.81. The van der Waals surface area contributed by atoms with Gasteiger partial charge in [-0.25, -0.2) is 0 Å². The number of nitrogens with zero attached hydrogens (tertiary/aromatic N) is 2. The third-order valence-electron chi connectivity index (χ3n) is 2.93. The van der Waals surface area contributed by atoms with Gasteiger partial charge < -0.3 is 9.64 Å². The van der Waals surface area contributed by atoms with E-state index in [1.807, 2.05) is 18.2 Å². The molecule has 1 aliphatic heterocycles. The fraction of sp³-hybridized carbons (Fsp3) is 0.417. The van der Waals surface area contributed by atoms with Gasteiger partial charge in [-0.1, -0.05) is 0 Å². The van der Waals surface area contributed by atoms with Crippen LogP contribution in [0.3, 0.4) is 0 Å². The summed E-state index contributed by atoms with van der Waals surface area (Å²) in [5, 5.41) is 8.85. The van der Waals surface area contributed by atoms with Crippen LogP contribution in [0.25, 0.3) is 0 Å². The minimum absolute atomic E-state index is 0.444. The SMILES string of the molecule is CN(c1ccc(C#N)c(Br)c1)C1CCOC1. The van der Waals surface area contributed by atoms with Crippen LogP contribution < -0.4 is 4.90 Å². The molecule has 1 aliphatic rings. The highest BCUT2D eigenvalue weighted by molar-refractivity contribution is 9.10. The van der Waals surface area contributed by atoms with Crippen LogP contribution in [0.15, 0.2) is 22.7 Å². The van der Waals surface area contributed by atoms with Crippen LogP contribution in [0.5, 0.6) is 0 Å². The Hall–Kier alpha value is -1.05. The number of likely N-dealkylation sites (N-methyl/N-ethyl adjacent to an activating group) is 1. The van der Waals surface area contributed by atoms with E-state index in [2.05, 4.69) is 33.9 Å². The Bertz CT molecular complexity index is 422. The van der Waals surface area contributed by atoms with Crippen molar-refractivity contribution in [3.63, 3.8) is 0 Å². The van der Waals surface area contributed by atoms with Crippen molar-refractivity contribution in [1.82, 2.24) is 0 Å². The minimum Gasteiger partial charge on any atom is -0.379 e. The number of anilines is 1. The van der Waals surface area contributed by atoms with E-state index >= 15 is 0 Å². The highest BCUT2D eigenvalue weighted by Crippen LogP contribution is 2.25. The van der Waals surface area contributed by atoms with E-state index in [-0.39, 0.29) is 0 Å². The van der Waals surface area contributed by atoms with E-state index in [4.69, 9.17) is 10.00 Å². The summed E-state index contributed by atoms with van der Waals surface area (Å²) in [5.74, 6) is 0. The van der Waals surface area contributed by atoms with Crippen LogP contribution in [0.4, 0.5) is 5.69 Å². The summed E-state index contributed by atoms with van der Waals surface area (Å²) in [6, 6.07) is 8.38. The fourth-order valence-electron chi connectivity index (χ4n) is 1.85. The van der Waals surface area contributed by atoms with E-state index in [9.17, 15) is 0 Å². The fourth-order valence-corrected chi connectivity index (χ4v) is 2.31. The van der Waals surface area contributed by atoms with Crippen molar-refractivity contribution in [2.24, 2.45) is 0 Å². The summed E-state index contributed by atoms with van der Waals surface area (Å²) in [6.07, 6.45) is 1.06. The predicted octanol–water partition coefficient (Wildman–Crippen LogP) is 2.55. The molecule has 1 aromatic carbocycles. The second-order valence-electron chi connectivity index (χ2n) is 3.90. The Balaban J connectivity index is 2.20. The number of halogens is 1. The van der Waals surface area contributed by atoms with Crippen LogP contribution in [0.1, 0.15) is 12.0 Å². The molecular weight excluding hydrogens is 268 g/mol. The first-order chi connectivity index (χ1) is 7.72. The van der Waals surface area contributed by atoms with Gasteiger partial charge in [-0.3, -0.25) is 0 Å². The van der Waals surface area contributed by atoms with E-state index < -0.39 is 0 Å². The number of benzene rings is 1. The summed E-state index contributed by atoms with van der Waals surface area (Å²) >= 11 is 3.40. The predicted molar refractivity (Wildman–Crippen MR) is 66.5 cm³/mol. The zero-order valence-electron chi connectivity index (χ0n) is 9.11. The van der Waals surface area contributed by atoms with Crippen molar-refractivity contribution in [2.45, 2.75) is 12.5 Å². The van der Waals surface area contributed by atoms with E-state index in [0.717, 1.165) is 29.8 Å². The molecule has 0 aliphatic carbocycles. The molecule has 4 heteroatoms.